The number of aromatic nitrogens is 1. The normalized spacial score (nSPS) is 22.3. The number of pyridine rings is 1. The lowest BCUT2D eigenvalue weighted by Gasteiger charge is -2.27. The molecule has 1 aliphatic heterocycles. The van der Waals surface area contributed by atoms with Crippen LogP contribution >= 0.6 is 0 Å². The van der Waals surface area contributed by atoms with Crippen molar-refractivity contribution in [3.8, 4) is 0 Å². The van der Waals surface area contributed by atoms with E-state index >= 15 is 0 Å². The summed E-state index contributed by atoms with van der Waals surface area (Å²) in [5.41, 5.74) is -0.332. The third-order valence-electron chi connectivity index (χ3n) is 5.64. The van der Waals surface area contributed by atoms with Crippen molar-refractivity contribution >= 4 is 22.8 Å². The number of para-hydroxylation sites is 1. The lowest BCUT2D eigenvalue weighted by molar-refractivity contribution is -0.227. The number of hydrogen-bond acceptors (Lipinski definition) is 3. The summed E-state index contributed by atoms with van der Waals surface area (Å²) in [6, 6.07) is 7.05. The van der Waals surface area contributed by atoms with Crippen LogP contribution in [0.5, 0.6) is 0 Å². The van der Waals surface area contributed by atoms with Crippen molar-refractivity contribution in [1.82, 2.24) is 9.88 Å². The lowest BCUT2D eigenvalue weighted by Crippen LogP contribution is -2.47. The van der Waals surface area contributed by atoms with E-state index in [1.165, 1.54) is 0 Å². The predicted molar refractivity (Wildman–Crippen MR) is 90.4 cm³/mol. The second-order valence-corrected chi connectivity index (χ2v) is 7.14. The number of hydrogen-bond donors (Lipinski definition) is 1. The fourth-order valence-electron chi connectivity index (χ4n) is 4.12. The third kappa shape index (κ3) is 2.57. The van der Waals surface area contributed by atoms with Gasteiger partial charge in [0, 0.05) is 24.2 Å². The number of benzene rings is 1. The highest BCUT2D eigenvalue weighted by atomic mass is 19.4. The zero-order valence-electron chi connectivity index (χ0n) is 14.3. The number of aryl methyl sites for hydroxylation is 1. The molecule has 27 heavy (non-hydrogen) atoms. The molecule has 1 aliphatic carbocycles. The van der Waals surface area contributed by atoms with Crippen LogP contribution in [0.15, 0.2) is 24.3 Å². The van der Waals surface area contributed by atoms with Gasteiger partial charge < -0.3 is 10.0 Å². The van der Waals surface area contributed by atoms with Crippen LogP contribution in [-0.2, 0) is 17.6 Å². The Labute approximate surface area is 152 Å². The molecule has 1 N–H and O–H groups in total. The summed E-state index contributed by atoms with van der Waals surface area (Å²) < 4.78 is 40.3. The number of amides is 1. The molecular formula is C19H17F3N2O3. The number of rotatable bonds is 2. The summed E-state index contributed by atoms with van der Waals surface area (Å²) in [4.78, 5) is 30.2. The lowest BCUT2D eigenvalue weighted by atomic mass is 9.86. The highest BCUT2D eigenvalue weighted by Gasteiger charge is 2.64. The number of carbonyl (C=O) groups excluding carboxylic acids is 1. The minimum Gasteiger partial charge on any atom is -0.481 e. The van der Waals surface area contributed by atoms with Crippen molar-refractivity contribution in [2.45, 2.75) is 31.9 Å². The van der Waals surface area contributed by atoms with Gasteiger partial charge in [-0.2, -0.15) is 13.2 Å². The molecule has 4 rings (SSSR count). The number of fused-ring (bicyclic) bond motifs is 2. The maximum atomic E-state index is 13.4. The van der Waals surface area contributed by atoms with E-state index in [4.69, 9.17) is 0 Å². The average molecular weight is 378 g/mol. The Balaban J connectivity index is 1.78. The number of aliphatic carboxylic acids is 1. The van der Waals surface area contributed by atoms with Crippen LogP contribution in [-0.4, -0.2) is 46.1 Å². The first-order valence-electron chi connectivity index (χ1n) is 8.74. The quantitative estimate of drug-likeness (QED) is 0.871. The van der Waals surface area contributed by atoms with Crippen molar-refractivity contribution in [2.24, 2.45) is 5.41 Å². The first-order valence-corrected chi connectivity index (χ1v) is 8.74. The van der Waals surface area contributed by atoms with Crippen LogP contribution in [0, 0.1) is 5.41 Å². The molecule has 0 bridgehead atoms. The van der Waals surface area contributed by atoms with E-state index in [0.717, 1.165) is 29.0 Å². The Morgan fingerprint density at radius 2 is 1.93 bits per heavy atom. The standard InChI is InChI=1S/C19H17F3N2O3/c20-19(21,22)18(17(26)27)8-9-24(10-18)16(25)15-11-4-1-2-6-13(11)23-14-7-3-5-12(14)15/h1-2,4,6H,3,5,7-10H2,(H,26,27). The Bertz CT molecular complexity index is 957. The van der Waals surface area contributed by atoms with Crippen molar-refractivity contribution < 1.29 is 27.9 Å². The Hall–Kier alpha value is -2.64. The van der Waals surface area contributed by atoms with Crippen LogP contribution < -0.4 is 0 Å². The number of nitrogens with zero attached hydrogens (tertiary/aromatic N) is 2. The van der Waals surface area contributed by atoms with E-state index in [0.29, 0.717) is 22.9 Å². The van der Waals surface area contributed by atoms with E-state index in [1.54, 1.807) is 24.3 Å². The topological polar surface area (TPSA) is 70.5 Å². The second-order valence-electron chi connectivity index (χ2n) is 7.14. The number of halogens is 3. The number of carboxylic acid groups (broad SMARTS) is 1. The number of carbonyl (C=O) groups is 2. The Morgan fingerprint density at radius 1 is 1.19 bits per heavy atom. The zero-order chi connectivity index (χ0) is 19.4. The van der Waals surface area contributed by atoms with Gasteiger partial charge in [-0.15, -0.1) is 0 Å². The largest absolute Gasteiger partial charge is 0.481 e. The Morgan fingerprint density at radius 3 is 2.59 bits per heavy atom. The smallest absolute Gasteiger partial charge is 0.406 e. The molecule has 1 fully saturated rings. The first-order chi connectivity index (χ1) is 12.7. The molecule has 2 aromatic rings. The molecule has 0 radical (unpaired) electrons. The summed E-state index contributed by atoms with van der Waals surface area (Å²) in [5, 5.41) is 9.83. The summed E-state index contributed by atoms with van der Waals surface area (Å²) in [7, 11) is 0. The molecule has 1 aromatic heterocycles. The van der Waals surface area contributed by atoms with Crippen molar-refractivity contribution in [1.29, 1.82) is 0 Å². The minimum absolute atomic E-state index is 0.240. The first kappa shape index (κ1) is 17.8. The summed E-state index contributed by atoms with van der Waals surface area (Å²) in [5.74, 6) is -2.48. The maximum absolute atomic E-state index is 13.4. The van der Waals surface area contributed by atoms with Gasteiger partial charge in [0.15, 0.2) is 5.41 Å². The van der Waals surface area contributed by atoms with Crippen LogP contribution in [0.1, 0.15) is 34.5 Å². The van der Waals surface area contributed by atoms with Gasteiger partial charge in [-0.3, -0.25) is 14.6 Å². The van der Waals surface area contributed by atoms with Gasteiger partial charge in [-0.05, 0) is 37.3 Å². The van der Waals surface area contributed by atoms with Gasteiger partial charge in [0.1, 0.15) is 0 Å². The van der Waals surface area contributed by atoms with Crippen LogP contribution in [0.3, 0.4) is 0 Å². The van der Waals surface area contributed by atoms with Gasteiger partial charge in [0.05, 0.1) is 11.1 Å². The number of carboxylic acids is 1. The molecule has 1 atom stereocenters. The van der Waals surface area contributed by atoms with Crippen LogP contribution in [0.2, 0.25) is 0 Å². The molecule has 0 spiro atoms. The predicted octanol–water partition coefficient (Wildman–Crippen LogP) is 3.20. The molecule has 2 aliphatic rings. The van der Waals surface area contributed by atoms with Gasteiger partial charge >= 0.3 is 12.1 Å². The molecule has 1 saturated heterocycles. The van der Waals surface area contributed by atoms with Crippen LogP contribution in [0.25, 0.3) is 10.9 Å². The molecule has 1 unspecified atom stereocenters. The van der Waals surface area contributed by atoms with Gasteiger partial charge in [-0.1, -0.05) is 18.2 Å². The fourth-order valence-corrected chi connectivity index (χ4v) is 4.12. The Kier molecular flexibility index (Phi) is 3.90. The maximum Gasteiger partial charge on any atom is 0.406 e. The highest BCUT2D eigenvalue weighted by molar-refractivity contribution is 6.08. The van der Waals surface area contributed by atoms with Crippen molar-refractivity contribution in [2.75, 3.05) is 13.1 Å². The monoisotopic (exact) mass is 378 g/mol. The number of likely N-dealkylation sites (tertiary alicyclic amines) is 1. The molecule has 1 amide bonds. The number of alkyl halides is 3. The molecular weight excluding hydrogens is 361 g/mol. The average Bonchev–Trinajstić information content (AvgIpc) is 3.26. The van der Waals surface area contributed by atoms with Crippen LogP contribution in [0.4, 0.5) is 13.2 Å². The van der Waals surface area contributed by atoms with E-state index in [9.17, 15) is 27.9 Å². The molecule has 142 valence electrons. The van der Waals surface area contributed by atoms with E-state index in [-0.39, 0.29) is 6.54 Å². The van der Waals surface area contributed by atoms with E-state index in [2.05, 4.69) is 4.98 Å². The zero-order valence-corrected chi connectivity index (χ0v) is 14.3. The molecule has 2 heterocycles. The minimum atomic E-state index is -4.92. The molecule has 8 heteroatoms. The van der Waals surface area contributed by atoms with Gasteiger partial charge in [-0.25, -0.2) is 0 Å². The summed E-state index contributed by atoms with van der Waals surface area (Å²) in [6.45, 7) is -1.11. The third-order valence-corrected chi connectivity index (χ3v) is 5.64. The molecule has 0 saturated carbocycles. The van der Waals surface area contributed by atoms with Gasteiger partial charge in [0.25, 0.3) is 5.91 Å². The second kappa shape index (κ2) is 5.94. The molecule has 1 aromatic carbocycles. The highest BCUT2D eigenvalue weighted by Crippen LogP contribution is 2.46. The summed E-state index contributed by atoms with van der Waals surface area (Å²) >= 11 is 0. The summed E-state index contributed by atoms with van der Waals surface area (Å²) in [6.07, 6.45) is -3.35. The fraction of sp³-hybridized carbons (Fsp3) is 0.421. The SMILES string of the molecule is O=C(c1c2c(nc3ccccc13)CCC2)N1CCC(C(=O)O)(C(F)(F)F)C1. The van der Waals surface area contributed by atoms with E-state index in [1.807, 2.05) is 0 Å². The molecule has 5 nitrogen and oxygen atoms in total. The van der Waals surface area contributed by atoms with Crippen molar-refractivity contribution in [3.05, 3.63) is 41.1 Å². The van der Waals surface area contributed by atoms with Crippen molar-refractivity contribution in [3.63, 3.8) is 0 Å². The van der Waals surface area contributed by atoms with Gasteiger partial charge in [0.2, 0.25) is 0 Å². The van der Waals surface area contributed by atoms with E-state index < -0.39 is 36.4 Å².